The second-order valence-corrected chi connectivity index (χ2v) is 8.57. The van der Waals surface area contributed by atoms with Gasteiger partial charge in [-0.25, -0.2) is 8.42 Å². The molecule has 3 heterocycles. The maximum absolute atomic E-state index is 12.3. The van der Waals surface area contributed by atoms with Gasteiger partial charge in [0.05, 0.1) is 26.4 Å². The van der Waals surface area contributed by atoms with Gasteiger partial charge in [-0.2, -0.15) is 4.98 Å². The zero-order chi connectivity index (χ0) is 17.8. The number of anilines is 1. The van der Waals surface area contributed by atoms with Crippen molar-refractivity contribution >= 4 is 54.5 Å². The van der Waals surface area contributed by atoms with Crippen LogP contribution in [-0.2, 0) is 9.84 Å². The Morgan fingerprint density at radius 2 is 2.12 bits per heavy atom. The molecular formula is C16H12N4O3S2. The SMILES string of the molecule is CS(=O)(=O)c1ccc2c(c1)sc1nc(=O)c(/C=C3\C=CC=N3)c(N)n12. The minimum atomic E-state index is -3.32. The molecule has 0 unspecified atom stereocenters. The monoisotopic (exact) mass is 372 g/mol. The lowest BCUT2D eigenvalue weighted by atomic mass is 10.2. The van der Waals surface area contributed by atoms with E-state index in [0.717, 1.165) is 6.26 Å². The molecule has 0 saturated carbocycles. The van der Waals surface area contributed by atoms with E-state index in [-0.39, 0.29) is 16.3 Å². The molecule has 1 aromatic carbocycles. The largest absolute Gasteiger partial charge is 0.384 e. The van der Waals surface area contributed by atoms with E-state index in [2.05, 4.69) is 9.98 Å². The molecule has 0 aliphatic carbocycles. The number of nitrogens with two attached hydrogens (primary N) is 1. The molecule has 25 heavy (non-hydrogen) atoms. The number of fused-ring (bicyclic) bond motifs is 3. The molecule has 0 spiro atoms. The Morgan fingerprint density at radius 1 is 1.32 bits per heavy atom. The molecule has 3 aromatic rings. The van der Waals surface area contributed by atoms with Crippen LogP contribution < -0.4 is 11.3 Å². The lowest BCUT2D eigenvalue weighted by molar-refractivity contribution is 0.602. The summed E-state index contributed by atoms with van der Waals surface area (Å²) < 4.78 is 25.8. The highest BCUT2D eigenvalue weighted by atomic mass is 32.2. The number of nitrogens with zero attached hydrogens (tertiary/aromatic N) is 3. The Labute approximate surface area is 146 Å². The topological polar surface area (TPSA) is 107 Å². The summed E-state index contributed by atoms with van der Waals surface area (Å²) in [6, 6.07) is 4.75. The van der Waals surface area contributed by atoms with E-state index in [9.17, 15) is 13.2 Å². The van der Waals surface area contributed by atoms with Crippen LogP contribution in [0.2, 0.25) is 0 Å². The van der Waals surface area contributed by atoms with E-state index in [1.165, 1.54) is 17.4 Å². The number of sulfone groups is 1. The summed E-state index contributed by atoms with van der Waals surface area (Å²) in [6.45, 7) is 0. The summed E-state index contributed by atoms with van der Waals surface area (Å²) >= 11 is 1.21. The first-order valence-corrected chi connectivity index (χ1v) is 9.93. The molecule has 0 fully saturated rings. The Bertz CT molecular complexity index is 1280. The standard InChI is InChI=1S/C16H12N4O3S2/c1-25(22,23)10-4-5-12-13(8-10)24-16-19-15(21)11(14(17)20(12)16)7-9-3-2-6-18-9/h2-8H,17H2,1H3/b9-7+. The fourth-order valence-electron chi connectivity index (χ4n) is 2.60. The van der Waals surface area contributed by atoms with Crippen LogP contribution in [0.1, 0.15) is 5.56 Å². The molecule has 9 heteroatoms. The van der Waals surface area contributed by atoms with Crippen molar-refractivity contribution in [2.45, 2.75) is 4.90 Å². The van der Waals surface area contributed by atoms with Crippen molar-refractivity contribution in [1.29, 1.82) is 0 Å². The zero-order valence-corrected chi connectivity index (χ0v) is 14.6. The average molecular weight is 372 g/mol. The molecule has 0 radical (unpaired) electrons. The van der Waals surface area contributed by atoms with Gasteiger partial charge in [0.25, 0.3) is 5.56 Å². The van der Waals surface area contributed by atoms with Crippen molar-refractivity contribution in [1.82, 2.24) is 9.38 Å². The van der Waals surface area contributed by atoms with Crippen molar-refractivity contribution in [3.63, 3.8) is 0 Å². The molecule has 1 aliphatic rings. The van der Waals surface area contributed by atoms with Crippen LogP contribution in [0.5, 0.6) is 0 Å². The summed E-state index contributed by atoms with van der Waals surface area (Å²) in [5.74, 6) is 0.247. The van der Waals surface area contributed by atoms with Crippen LogP contribution >= 0.6 is 11.3 Å². The third kappa shape index (κ3) is 2.57. The van der Waals surface area contributed by atoms with Gasteiger partial charge in [0.1, 0.15) is 5.82 Å². The molecule has 0 atom stereocenters. The summed E-state index contributed by atoms with van der Waals surface area (Å²) in [5.41, 5.74) is 7.34. The molecule has 4 rings (SSSR count). The fraction of sp³-hybridized carbons (Fsp3) is 0.0625. The number of aromatic nitrogens is 2. The van der Waals surface area contributed by atoms with Crippen molar-refractivity contribution in [3.8, 4) is 0 Å². The van der Waals surface area contributed by atoms with Gasteiger partial charge in [-0.15, -0.1) is 0 Å². The van der Waals surface area contributed by atoms with Crippen molar-refractivity contribution < 1.29 is 8.42 Å². The molecule has 7 nitrogen and oxygen atoms in total. The molecular weight excluding hydrogens is 360 g/mol. The molecule has 0 bridgehead atoms. The first kappa shape index (κ1) is 15.7. The molecule has 2 N–H and O–H groups in total. The average Bonchev–Trinajstić information content (AvgIpc) is 3.16. The van der Waals surface area contributed by atoms with E-state index in [1.54, 1.807) is 41.0 Å². The Balaban J connectivity index is 2.04. The van der Waals surface area contributed by atoms with Gasteiger partial charge >= 0.3 is 0 Å². The van der Waals surface area contributed by atoms with E-state index < -0.39 is 15.4 Å². The van der Waals surface area contributed by atoms with Crippen molar-refractivity contribution in [2.24, 2.45) is 4.99 Å². The van der Waals surface area contributed by atoms with E-state index in [4.69, 9.17) is 5.73 Å². The fourth-order valence-corrected chi connectivity index (χ4v) is 4.39. The Morgan fingerprint density at radius 3 is 2.80 bits per heavy atom. The maximum Gasteiger partial charge on any atom is 0.283 e. The number of allylic oxidation sites excluding steroid dienone is 2. The predicted molar refractivity (Wildman–Crippen MR) is 100.0 cm³/mol. The van der Waals surface area contributed by atoms with Crippen LogP contribution in [0, 0.1) is 0 Å². The molecule has 1 aliphatic heterocycles. The van der Waals surface area contributed by atoms with E-state index >= 15 is 0 Å². The van der Waals surface area contributed by atoms with Crippen molar-refractivity contribution in [2.75, 3.05) is 12.0 Å². The zero-order valence-electron chi connectivity index (χ0n) is 13.0. The highest BCUT2D eigenvalue weighted by Crippen LogP contribution is 2.30. The lowest BCUT2D eigenvalue weighted by Crippen LogP contribution is -2.16. The van der Waals surface area contributed by atoms with Crippen molar-refractivity contribution in [3.05, 3.63) is 52.0 Å². The number of rotatable bonds is 2. The van der Waals surface area contributed by atoms with Crippen LogP contribution in [-0.4, -0.2) is 30.3 Å². The summed E-state index contributed by atoms with van der Waals surface area (Å²) in [5, 5.41) is 0. The summed E-state index contributed by atoms with van der Waals surface area (Å²) in [6.07, 6.45) is 7.89. The Kier molecular flexibility index (Phi) is 3.37. The minimum absolute atomic E-state index is 0.209. The third-order valence-corrected chi connectivity index (χ3v) is 5.92. The first-order chi connectivity index (χ1) is 11.8. The number of nitrogen functional groups attached to an aromatic ring is 1. The lowest BCUT2D eigenvalue weighted by Gasteiger charge is -2.05. The molecule has 0 saturated heterocycles. The minimum Gasteiger partial charge on any atom is -0.384 e. The smallest absolute Gasteiger partial charge is 0.283 e. The van der Waals surface area contributed by atoms with Gasteiger partial charge in [0.15, 0.2) is 14.8 Å². The van der Waals surface area contributed by atoms with Crippen LogP contribution in [0.3, 0.4) is 0 Å². The number of hydrogen-bond acceptors (Lipinski definition) is 7. The predicted octanol–water partition coefficient (Wildman–Crippen LogP) is 1.88. The van der Waals surface area contributed by atoms with E-state index in [1.807, 2.05) is 0 Å². The van der Waals surface area contributed by atoms with E-state index in [0.29, 0.717) is 20.9 Å². The maximum atomic E-state index is 12.3. The number of hydrogen-bond donors (Lipinski definition) is 1. The van der Waals surface area contributed by atoms with Gasteiger partial charge < -0.3 is 5.73 Å². The highest BCUT2D eigenvalue weighted by Gasteiger charge is 2.16. The Hall–Kier alpha value is -2.78. The van der Waals surface area contributed by atoms with Crippen LogP contribution in [0.4, 0.5) is 5.82 Å². The quantitative estimate of drug-likeness (QED) is 0.739. The molecule has 2 aromatic heterocycles. The van der Waals surface area contributed by atoms with Gasteiger partial charge in [0.2, 0.25) is 0 Å². The third-order valence-electron chi connectivity index (χ3n) is 3.81. The number of aliphatic imine (C=N–C) groups is 1. The second kappa shape index (κ2) is 5.36. The second-order valence-electron chi connectivity index (χ2n) is 5.54. The normalized spacial score (nSPS) is 15.8. The molecule has 0 amide bonds. The number of benzene rings is 1. The molecule has 126 valence electrons. The number of thiazole rings is 1. The van der Waals surface area contributed by atoms with Crippen LogP contribution in [0.25, 0.3) is 21.3 Å². The summed E-state index contributed by atoms with van der Waals surface area (Å²) in [4.78, 5) is 21.1. The summed E-state index contributed by atoms with van der Waals surface area (Å²) in [7, 11) is -3.32. The van der Waals surface area contributed by atoms with Gasteiger partial charge in [-0.05, 0) is 36.4 Å². The van der Waals surface area contributed by atoms with Gasteiger partial charge in [-0.1, -0.05) is 11.3 Å². The highest BCUT2D eigenvalue weighted by molar-refractivity contribution is 7.90. The van der Waals surface area contributed by atoms with Gasteiger partial charge in [0, 0.05) is 12.5 Å². The van der Waals surface area contributed by atoms with Gasteiger partial charge in [-0.3, -0.25) is 14.2 Å². The first-order valence-electron chi connectivity index (χ1n) is 7.22. The van der Waals surface area contributed by atoms with Crippen LogP contribution in [0.15, 0.2) is 50.7 Å².